The fourth-order valence-electron chi connectivity index (χ4n) is 2.74. The van der Waals surface area contributed by atoms with E-state index in [1.165, 1.54) is 12.1 Å². The van der Waals surface area contributed by atoms with Gasteiger partial charge in [0.25, 0.3) is 5.91 Å². The van der Waals surface area contributed by atoms with Gasteiger partial charge in [-0.25, -0.2) is 13.1 Å². The Morgan fingerprint density at radius 2 is 1.61 bits per heavy atom. The smallest absolute Gasteiger partial charge is 0.254 e. The molecule has 2 aromatic heterocycles. The molecule has 0 aliphatic carbocycles. The van der Waals surface area contributed by atoms with E-state index in [2.05, 4.69) is 4.72 Å². The molecule has 1 N–H and O–H groups in total. The minimum atomic E-state index is -3.66. The van der Waals surface area contributed by atoms with Gasteiger partial charge in [-0.15, -0.1) is 22.7 Å². The lowest BCUT2D eigenvalue weighted by Crippen LogP contribution is -2.31. The number of hydrogen-bond acceptors (Lipinski definition) is 5. The fraction of sp³-hybridized carbons (Fsp3) is 0.250. The van der Waals surface area contributed by atoms with Crippen LogP contribution in [0.4, 0.5) is 0 Å². The second-order valence-electron chi connectivity index (χ2n) is 6.62. The van der Waals surface area contributed by atoms with Crippen molar-refractivity contribution < 1.29 is 13.2 Å². The van der Waals surface area contributed by atoms with Gasteiger partial charge in [0.2, 0.25) is 10.0 Å². The number of amides is 1. The number of benzene rings is 1. The Hall–Kier alpha value is -2.00. The Labute approximate surface area is 173 Å². The maximum Gasteiger partial charge on any atom is 0.254 e. The number of sulfonamides is 1. The molecule has 0 atom stereocenters. The Morgan fingerprint density at radius 3 is 2.11 bits per heavy atom. The van der Waals surface area contributed by atoms with Crippen molar-refractivity contribution in [2.45, 2.75) is 37.9 Å². The van der Waals surface area contributed by atoms with E-state index in [0.717, 1.165) is 9.75 Å². The molecule has 0 bridgehead atoms. The first-order valence-corrected chi connectivity index (χ1v) is 12.1. The van der Waals surface area contributed by atoms with E-state index in [1.54, 1.807) is 53.6 Å². The van der Waals surface area contributed by atoms with Crippen LogP contribution in [0.5, 0.6) is 0 Å². The SMILES string of the molecule is CC(C)NS(=O)(=O)c1cccc(C(=O)N(Cc2cccs2)Cc2cccs2)c1. The van der Waals surface area contributed by atoms with Crippen LogP contribution in [-0.4, -0.2) is 25.3 Å². The molecule has 3 rings (SSSR count). The Kier molecular flexibility index (Phi) is 6.66. The number of hydrogen-bond donors (Lipinski definition) is 1. The van der Waals surface area contributed by atoms with Gasteiger partial charge in [0, 0.05) is 21.4 Å². The minimum absolute atomic E-state index is 0.0965. The molecule has 8 heteroatoms. The summed E-state index contributed by atoms with van der Waals surface area (Å²) in [4.78, 5) is 17.2. The highest BCUT2D eigenvalue weighted by atomic mass is 32.2. The first-order valence-electron chi connectivity index (χ1n) is 8.81. The van der Waals surface area contributed by atoms with Gasteiger partial charge in [0.05, 0.1) is 18.0 Å². The summed E-state index contributed by atoms with van der Waals surface area (Å²) >= 11 is 3.19. The maximum atomic E-state index is 13.2. The molecule has 0 aliphatic rings. The van der Waals surface area contributed by atoms with Crippen molar-refractivity contribution in [2.75, 3.05) is 0 Å². The molecular weight excluding hydrogens is 412 g/mol. The van der Waals surface area contributed by atoms with Crippen molar-refractivity contribution in [1.82, 2.24) is 9.62 Å². The quantitative estimate of drug-likeness (QED) is 0.574. The molecule has 0 unspecified atom stereocenters. The van der Waals surface area contributed by atoms with Gasteiger partial charge in [0.15, 0.2) is 0 Å². The monoisotopic (exact) mass is 434 g/mol. The molecule has 0 aliphatic heterocycles. The van der Waals surface area contributed by atoms with Gasteiger partial charge in [-0.1, -0.05) is 18.2 Å². The molecule has 3 aromatic rings. The lowest BCUT2D eigenvalue weighted by atomic mass is 10.2. The maximum absolute atomic E-state index is 13.2. The van der Waals surface area contributed by atoms with Crippen LogP contribution in [0.3, 0.4) is 0 Å². The largest absolute Gasteiger partial charge is 0.328 e. The first kappa shape index (κ1) is 20.7. The number of rotatable bonds is 8. The number of nitrogens with one attached hydrogen (secondary N) is 1. The zero-order valence-corrected chi connectivity index (χ0v) is 18.1. The number of carbonyl (C=O) groups excluding carboxylic acids is 1. The zero-order chi connectivity index (χ0) is 20.1. The molecule has 28 heavy (non-hydrogen) atoms. The van der Waals surface area contributed by atoms with Crippen LogP contribution >= 0.6 is 22.7 Å². The van der Waals surface area contributed by atoms with Crippen LogP contribution < -0.4 is 4.72 Å². The van der Waals surface area contributed by atoms with Gasteiger partial charge < -0.3 is 4.90 Å². The summed E-state index contributed by atoms with van der Waals surface area (Å²) in [5.74, 6) is -0.191. The molecule has 1 aromatic carbocycles. The van der Waals surface area contributed by atoms with Crippen molar-refractivity contribution in [3.63, 3.8) is 0 Å². The molecule has 2 heterocycles. The minimum Gasteiger partial charge on any atom is -0.328 e. The van der Waals surface area contributed by atoms with Gasteiger partial charge in [-0.2, -0.15) is 0 Å². The first-order chi connectivity index (χ1) is 13.3. The van der Waals surface area contributed by atoms with Crippen LogP contribution in [0.15, 0.2) is 64.2 Å². The van der Waals surface area contributed by atoms with Crippen molar-refractivity contribution in [3.05, 3.63) is 74.6 Å². The molecule has 148 valence electrons. The highest BCUT2D eigenvalue weighted by Gasteiger charge is 2.21. The zero-order valence-electron chi connectivity index (χ0n) is 15.7. The Morgan fingerprint density at radius 1 is 1.00 bits per heavy atom. The highest BCUT2D eigenvalue weighted by Crippen LogP contribution is 2.21. The van der Waals surface area contributed by atoms with E-state index in [-0.39, 0.29) is 16.8 Å². The summed E-state index contributed by atoms with van der Waals surface area (Å²) < 4.78 is 27.5. The van der Waals surface area contributed by atoms with Crippen molar-refractivity contribution in [3.8, 4) is 0 Å². The summed E-state index contributed by atoms with van der Waals surface area (Å²) in [5.41, 5.74) is 0.361. The number of nitrogens with zero attached hydrogens (tertiary/aromatic N) is 1. The summed E-state index contributed by atoms with van der Waals surface area (Å²) in [5, 5.41) is 3.96. The van der Waals surface area contributed by atoms with Crippen LogP contribution in [-0.2, 0) is 23.1 Å². The number of carbonyl (C=O) groups is 1. The molecule has 0 radical (unpaired) electrons. The van der Waals surface area contributed by atoms with E-state index in [9.17, 15) is 13.2 Å². The number of thiophene rings is 2. The Balaban J connectivity index is 1.88. The van der Waals surface area contributed by atoms with Crippen molar-refractivity contribution >= 4 is 38.6 Å². The predicted molar refractivity (Wildman–Crippen MR) is 114 cm³/mol. The molecular formula is C20H22N2O3S3. The molecule has 5 nitrogen and oxygen atoms in total. The summed E-state index contributed by atoms with van der Waals surface area (Å²) in [6.07, 6.45) is 0. The lowest BCUT2D eigenvalue weighted by Gasteiger charge is -2.22. The predicted octanol–water partition coefficient (Wildman–Crippen LogP) is 4.34. The standard InChI is InChI=1S/C20H22N2O3S3/c1-15(2)21-28(24,25)19-9-3-6-16(12-19)20(23)22(13-17-7-4-10-26-17)14-18-8-5-11-27-18/h3-12,15,21H,13-14H2,1-2H3. The highest BCUT2D eigenvalue weighted by molar-refractivity contribution is 7.89. The van der Waals surface area contributed by atoms with Crippen molar-refractivity contribution in [2.24, 2.45) is 0 Å². The normalized spacial score (nSPS) is 11.7. The van der Waals surface area contributed by atoms with Gasteiger partial charge in [-0.3, -0.25) is 4.79 Å². The lowest BCUT2D eigenvalue weighted by molar-refractivity contribution is 0.0733. The van der Waals surface area contributed by atoms with E-state index in [4.69, 9.17) is 0 Å². The van der Waals surface area contributed by atoms with Crippen LogP contribution in [0.1, 0.15) is 34.0 Å². The third kappa shape index (κ3) is 5.29. The Bertz CT molecular complexity index is 975. The summed E-state index contributed by atoms with van der Waals surface area (Å²) in [6, 6.07) is 13.9. The van der Waals surface area contributed by atoms with Crippen molar-refractivity contribution in [1.29, 1.82) is 0 Å². The second-order valence-corrected chi connectivity index (χ2v) is 10.4. The molecule has 0 saturated heterocycles. The van der Waals surface area contributed by atoms with Gasteiger partial charge in [-0.05, 0) is 54.9 Å². The molecule has 0 saturated carbocycles. The van der Waals surface area contributed by atoms with Crippen LogP contribution in [0, 0.1) is 0 Å². The van der Waals surface area contributed by atoms with Gasteiger partial charge >= 0.3 is 0 Å². The van der Waals surface area contributed by atoms with Crippen LogP contribution in [0.25, 0.3) is 0 Å². The van der Waals surface area contributed by atoms with Gasteiger partial charge in [0.1, 0.15) is 0 Å². The van der Waals surface area contributed by atoms with E-state index in [1.807, 2.05) is 35.0 Å². The van der Waals surface area contributed by atoms with Crippen LogP contribution in [0.2, 0.25) is 0 Å². The van der Waals surface area contributed by atoms with E-state index in [0.29, 0.717) is 18.7 Å². The molecule has 0 fully saturated rings. The average Bonchev–Trinajstić information content (AvgIpc) is 3.34. The molecule has 1 amide bonds. The fourth-order valence-corrected chi connectivity index (χ4v) is 5.47. The third-order valence-corrected chi connectivity index (χ3v) is 7.30. The van der Waals surface area contributed by atoms with E-state index >= 15 is 0 Å². The third-order valence-electron chi connectivity index (χ3n) is 3.92. The van der Waals surface area contributed by atoms with E-state index < -0.39 is 10.0 Å². The summed E-state index contributed by atoms with van der Waals surface area (Å²) in [6.45, 7) is 4.48. The average molecular weight is 435 g/mol. The molecule has 0 spiro atoms. The summed E-state index contributed by atoms with van der Waals surface area (Å²) in [7, 11) is -3.66. The topological polar surface area (TPSA) is 66.5 Å². The second kappa shape index (κ2) is 9.00.